The highest BCUT2D eigenvalue weighted by Crippen LogP contribution is 2.33. The number of likely N-dealkylation sites (tertiary alicyclic amines) is 1. The van der Waals surface area contributed by atoms with Gasteiger partial charge in [-0.05, 0) is 62.9 Å². The SMILES string of the molecule is CCN1CCCC(O)(c2ccc(C)c(C)c2)CC1. The van der Waals surface area contributed by atoms with E-state index in [0.29, 0.717) is 0 Å². The van der Waals surface area contributed by atoms with E-state index in [4.69, 9.17) is 0 Å². The Morgan fingerprint density at radius 3 is 2.61 bits per heavy atom. The Kier molecular flexibility index (Phi) is 4.08. The second kappa shape index (κ2) is 5.41. The fourth-order valence-corrected chi connectivity index (χ4v) is 2.81. The number of nitrogens with zero attached hydrogens (tertiary/aromatic N) is 1. The highest BCUT2D eigenvalue weighted by atomic mass is 16.3. The Bertz CT molecular complexity index is 416. The molecule has 1 aliphatic rings. The molecule has 0 spiro atoms. The predicted molar refractivity (Wildman–Crippen MR) is 75.8 cm³/mol. The lowest BCUT2D eigenvalue weighted by atomic mass is 9.85. The van der Waals surface area contributed by atoms with Gasteiger partial charge in [0.1, 0.15) is 0 Å². The summed E-state index contributed by atoms with van der Waals surface area (Å²) >= 11 is 0. The first-order valence-electron chi connectivity index (χ1n) is 7.07. The van der Waals surface area contributed by atoms with Crippen LogP contribution in [0.5, 0.6) is 0 Å². The molecule has 1 aromatic carbocycles. The molecule has 0 amide bonds. The molecule has 0 saturated carbocycles. The molecule has 2 nitrogen and oxygen atoms in total. The molecule has 1 aliphatic heterocycles. The molecule has 0 bridgehead atoms. The van der Waals surface area contributed by atoms with E-state index in [1.54, 1.807) is 0 Å². The van der Waals surface area contributed by atoms with Crippen molar-refractivity contribution < 1.29 is 5.11 Å². The van der Waals surface area contributed by atoms with Crippen molar-refractivity contribution in [2.45, 2.75) is 45.6 Å². The van der Waals surface area contributed by atoms with Crippen LogP contribution in [-0.4, -0.2) is 29.6 Å². The van der Waals surface area contributed by atoms with Gasteiger partial charge in [0.05, 0.1) is 5.60 Å². The lowest BCUT2D eigenvalue weighted by Crippen LogP contribution is -2.29. The van der Waals surface area contributed by atoms with Gasteiger partial charge >= 0.3 is 0 Å². The summed E-state index contributed by atoms with van der Waals surface area (Å²) in [6.45, 7) is 9.64. The van der Waals surface area contributed by atoms with Crippen molar-refractivity contribution in [1.29, 1.82) is 0 Å². The molecule has 0 aromatic heterocycles. The Hall–Kier alpha value is -0.860. The monoisotopic (exact) mass is 247 g/mol. The smallest absolute Gasteiger partial charge is 0.0909 e. The van der Waals surface area contributed by atoms with Gasteiger partial charge in [0.2, 0.25) is 0 Å². The zero-order valence-electron chi connectivity index (χ0n) is 11.9. The van der Waals surface area contributed by atoms with Crippen LogP contribution in [0.1, 0.15) is 42.9 Å². The van der Waals surface area contributed by atoms with Gasteiger partial charge < -0.3 is 10.0 Å². The second-order valence-electron chi connectivity index (χ2n) is 5.62. The molecule has 2 rings (SSSR count). The predicted octanol–water partition coefficient (Wildman–Crippen LogP) is 3.00. The van der Waals surface area contributed by atoms with Crippen molar-refractivity contribution >= 4 is 0 Å². The Labute approximate surface area is 111 Å². The molecule has 2 heteroatoms. The number of benzene rings is 1. The van der Waals surface area contributed by atoms with E-state index in [2.05, 4.69) is 43.9 Å². The third kappa shape index (κ3) is 2.76. The molecule has 100 valence electrons. The van der Waals surface area contributed by atoms with E-state index in [-0.39, 0.29) is 0 Å². The normalized spacial score (nSPS) is 26.0. The lowest BCUT2D eigenvalue weighted by molar-refractivity contribution is 0.0213. The van der Waals surface area contributed by atoms with Crippen molar-refractivity contribution in [1.82, 2.24) is 4.90 Å². The quantitative estimate of drug-likeness (QED) is 0.868. The lowest BCUT2D eigenvalue weighted by Gasteiger charge is -2.28. The molecule has 1 heterocycles. The molecular formula is C16H25NO. The highest BCUT2D eigenvalue weighted by molar-refractivity contribution is 5.33. The summed E-state index contributed by atoms with van der Waals surface area (Å²) in [5.41, 5.74) is 3.05. The maximum Gasteiger partial charge on any atom is 0.0909 e. The van der Waals surface area contributed by atoms with Crippen LogP contribution < -0.4 is 0 Å². The Morgan fingerprint density at radius 1 is 1.17 bits per heavy atom. The van der Waals surface area contributed by atoms with Crippen molar-refractivity contribution in [2.75, 3.05) is 19.6 Å². The molecule has 1 unspecified atom stereocenters. The summed E-state index contributed by atoms with van der Waals surface area (Å²) in [6, 6.07) is 6.39. The van der Waals surface area contributed by atoms with Crippen LogP contribution in [0.4, 0.5) is 0 Å². The minimum Gasteiger partial charge on any atom is -0.385 e. The van der Waals surface area contributed by atoms with Crippen LogP contribution >= 0.6 is 0 Å². The summed E-state index contributed by atoms with van der Waals surface area (Å²) in [5.74, 6) is 0. The van der Waals surface area contributed by atoms with Gasteiger partial charge in [0, 0.05) is 6.54 Å². The average molecular weight is 247 g/mol. The van der Waals surface area contributed by atoms with Gasteiger partial charge in [0.25, 0.3) is 0 Å². The zero-order valence-corrected chi connectivity index (χ0v) is 11.9. The molecule has 1 aromatic rings. The van der Waals surface area contributed by atoms with Crippen molar-refractivity contribution in [3.8, 4) is 0 Å². The summed E-state index contributed by atoms with van der Waals surface area (Å²) in [5, 5.41) is 10.9. The largest absolute Gasteiger partial charge is 0.385 e. The third-order valence-corrected chi connectivity index (χ3v) is 4.40. The molecule has 1 saturated heterocycles. The van der Waals surface area contributed by atoms with Crippen LogP contribution in [0.25, 0.3) is 0 Å². The van der Waals surface area contributed by atoms with Gasteiger partial charge in [0.15, 0.2) is 0 Å². The molecule has 1 fully saturated rings. The van der Waals surface area contributed by atoms with Crippen molar-refractivity contribution in [3.05, 3.63) is 34.9 Å². The standard InChI is InChI=1S/C16H25NO/c1-4-17-10-5-8-16(18,9-11-17)15-7-6-13(2)14(3)12-15/h6-7,12,18H,4-5,8-11H2,1-3H3. The summed E-state index contributed by atoms with van der Waals surface area (Å²) < 4.78 is 0. The first-order chi connectivity index (χ1) is 8.55. The van der Waals surface area contributed by atoms with Gasteiger partial charge in [-0.1, -0.05) is 25.1 Å². The number of rotatable bonds is 2. The van der Waals surface area contributed by atoms with E-state index in [1.807, 2.05) is 0 Å². The topological polar surface area (TPSA) is 23.5 Å². The third-order valence-electron chi connectivity index (χ3n) is 4.40. The molecule has 18 heavy (non-hydrogen) atoms. The van der Waals surface area contributed by atoms with E-state index < -0.39 is 5.60 Å². The summed E-state index contributed by atoms with van der Waals surface area (Å²) in [7, 11) is 0. The van der Waals surface area contributed by atoms with E-state index in [0.717, 1.165) is 44.5 Å². The van der Waals surface area contributed by atoms with Crippen LogP contribution in [0.15, 0.2) is 18.2 Å². The van der Waals surface area contributed by atoms with Gasteiger partial charge in [-0.25, -0.2) is 0 Å². The Balaban J connectivity index is 2.21. The maximum atomic E-state index is 10.9. The first-order valence-corrected chi connectivity index (χ1v) is 7.07. The molecular weight excluding hydrogens is 222 g/mol. The minimum absolute atomic E-state index is 0.623. The number of aliphatic hydroxyl groups is 1. The van der Waals surface area contributed by atoms with Gasteiger partial charge in [-0.3, -0.25) is 0 Å². The fraction of sp³-hybridized carbons (Fsp3) is 0.625. The fourth-order valence-electron chi connectivity index (χ4n) is 2.81. The number of aryl methyl sites for hydroxylation is 2. The maximum absolute atomic E-state index is 10.9. The van der Waals surface area contributed by atoms with Gasteiger partial charge in [-0.2, -0.15) is 0 Å². The van der Waals surface area contributed by atoms with Crippen molar-refractivity contribution in [3.63, 3.8) is 0 Å². The van der Waals surface area contributed by atoms with Gasteiger partial charge in [-0.15, -0.1) is 0 Å². The number of hydrogen-bond acceptors (Lipinski definition) is 2. The highest BCUT2D eigenvalue weighted by Gasteiger charge is 2.31. The van der Waals surface area contributed by atoms with E-state index in [9.17, 15) is 5.11 Å². The van der Waals surface area contributed by atoms with Crippen LogP contribution in [0.2, 0.25) is 0 Å². The van der Waals surface area contributed by atoms with Crippen LogP contribution in [0.3, 0.4) is 0 Å². The van der Waals surface area contributed by atoms with E-state index >= 15 is 0 Å². The average Bonchev–Trinajstić information content (AvgIpc) is 2.55. The molecule has 1 N–H and O–H groups in total. The van der Waals surface area contributed by atoms with E-state index in [1.165, 1.54) is 11.1 Å². The zero-order chi connectivity index (χ0) is 13.2. The van der Waals surface area contributed by atoms with Crippen molar-refractivity contribution in [2.24, 2.45) is 0 Å². The minimum atomic E-state index is -0.623. The summed E-state index contributed by atoms with van der Waals surface area (Å²) in [4.78, 5) is 2.43. The molecule has 1 atom stereocenters. The van der Waals surface area contributed by atoms with Crippen LogP contribution in [0, 0.1) is 13.8 Å². The Morgan fingerprint density at radius 2 is 1.94 bits per heavy atom. The summed E-state index contributed by atoms with van der Waals surface area (Å²) in [6.07, 6.45) is 2.81. The van der Waals surface area contributed by atoms with Crippen LogP contribution in [-0.2, 0) is 5.60 Å². The number of hydrogen-bond donors (Lipinski definition) is 1. The molecule has 0 radical (unpaired) electrons. The second-order valence-corrected chi connectivity index (χ2v) is 5.62. The molecule has 0 aliphatic carbocycles. The first kappa shape index (κ1) is 13.6.